The average Bonchev–Trinajstić information content (AvgIpc) is 3.05. The van der Waals surface area contributed by atoms with Crippen molar-refractivity contribution in [3.8, 4) is 0 Å². The Morgan fingerprint density at radius 3 is 2.96 bits per heavy atom. The summed E-state index contributed by atoms with van der Waals surface area (Å²) in [7, 11) is 0. The highest BCUT2D eigenvalue weighted by molar-refractivity contribution is 7.20. The molecule has 3 aromatic heterocycles. The lowest BCUT2D eigenvalue weighted by atomic mass is 10.1. The van der Waals surface area contributed by atoms with Crippen molar-refractivity contribution in [1.29, 1.82) is 0 Å². The van der Waals surface area contributed by atoms with Crippen LogP contribution in [-0.2, 0) is 4.74 Å². The minimum absolute atomic E-state index is 0.272. The molecule has 0 aliphatic rings. The number of ether oxygens (including phenoxy) is 1. The summed E-state index contributed by atoms with van der Waals surface area (Å²) in [6.45, 7) is 3.73. The molecule has 0 unspecified atom stereocenters. The van der Waals surface area contributed by atoms with E-state index in [1.165, 1.54) is 11.0 Å². The summed E-state index contributed by atoms with van der Waals surface area (Å²) in [4.78, 5) is 34.5. The fourth-order valence-corrected chi connectivity index (χ4v) is 3.99. The molecule has 0 fully saturated rings. The Morgan fingerprint density at radius 1 is 1.29 bits per heavy atom. The van der Waals surface area contributed by atoms with E-state index in [0.717, 1.165) is 27.8 Å². The topological polar surface area (TPSA) is 86.4 Å². The second-order valence-corrected chi connectivity index (χ2v) is 7.01. The number of hydrogen-bond donors (Lipinski definition) is 0. The van der Waals surface area contributed by atoms with Crippen LogP contribution >= 0.6 is 11.3 Å². The maximum absolute atomic E-state index is 12.9. The lowest BCUT2D eigenvalue weighted by molar-refractivity contribution is 0.0531. The van der Waals surface area contributed by atoms with Gasteiger partial charge in [0.25, 0.3) is 5.56 Å². The number of benzene rings is 1. The van der Waals surface area contributed by atoms with Gasteiger partial charge in [-0.2, -0.15) is 9.78 Å². The van der Waals surface area contributed by atoms with Crippen LogP contribution in [0.2, 0.25) is 0 Å². The number of rotatable bonds is 4. The highest BCUT2D eigenvalue weighted by atomic mass is 32.1. The van der Waals surface area contributed by atoms with Crippen LogP contribution in [-0.4, -0.2) is 33.4 Å². The Balaban J connectivity index is 1.78. The molecule has 4 aromatic rings. The zero-order valence-corrected chi connectivity index (χ0v) is 16.1. The molecule has 0 atom stereocenters. The van der Waals surface area contributed by atoms with Crippen LogP contribution in [0, 0.1) is 6.92 Å². The van der Waals surface area contributed by atoms with Crippen LogP contribution in [0.25, 0.3) is 21.1 Å². The zero-order valence-electron chi connectivity index (χ0n) is 15.2. The molecule has 0 amide bonds. The Bertz CT molecular complexity index is 1280. The number of esters is 1. The highest BCUT2D eigenvalue weighted by Gasteiger charge is 2.20. The van der Waals surface area contributed by atoms with E-state index in [2.05, 4.69) is 15.1 Å². The van der Waals surface area contributed by atoms with Gasteiger partial charge in [-0.3, -0.25) is 9.78 Å². The normalized spacial score (nSPS) is 11.5. The van der Waals surface area contributed by atoms with Crippen LogP contribution < -0.4 is 5.56 Å². The van der Waals surface area contributed by atoms with Gasteiger partial charge in [-0.1, -0.05) is 18.2 Å². The molecule has 0 bridgehead atoms. The molecule has 8 heteroatoms. The van der Waals surface area contributed by atoms with Crippen LogP contribution in [0.5, 0.6) is 0 Å². The predicted molar refractivity (Wildman–Crippen MR) is 109 cm³/mol. The van der Waals surface area contributed by atoms with E-state index in [-0.39, 0.29) is 12.2 Å². The van der Waals surface area contributed by atoms with Crippen molar-refractivity contribution in [3.05, 3.63) is 69.2 Å². The Morgan fingerprint density at radius 2 is 2.14 bits per heavy atom. The first-order valence-corrected chi connectivity index (χ1v) is 9.47. The second-order valence-electron chi connectivity index (χ2n) is 6.01. The maximum Gasteiger partial charge on any atom is 0.348 e. The summed E-state index contributed by atoms with van der Waals surface area (Å²) in [6, 6.07) is 9.50. The Kier molecular flexibility index (Phi) is 4.70. The lowest BCUT2D eigenvalue weighted by Crippen LogP contribution is -2.17. The second kappa shape index (κ2) is 7.32. The van der Waals surface area contributed by atoms with Gasteiger partial charge in [-0.05, 0) is 31.5 Å². The standard InChI is InChI=1S/C20H16N4O3S/c1-3-27-20(26)17-12(2)16-18(28-17)22-11-24(19(16)25)23-10-13-6-4-8-15-14(13)7-5-9-21-15/h4-11H,3H2,1-2H3/b23-10-. The van der Waals surface area contributed by atoms with Gasteiger partial charge in [0, 0.05) is 17.1 Å². The van der Waals surface area contributed by atoms with Crippen LogP contribution in [0.3, 0.4) is 0 Å². The number of aromatic nitrogens is 3. The van der Waals surface area contributed by atoms with Crippen LogP contribution in [0.4, 0.5) is 0 Å². The van der Waals surface area contributed by atoms with E-state index in [1.54, 1.807) is 26.3 Å². The van der Waals surface area contributed by atoms with Crippen LogP contribution in [0.15, 0.2) is 52.8 Å². The summed E-state index contributed by atoms with van der Waals surface area (Å²) >= 11 is 1.15. The van der Waals surface area contributed by atoms with Gasteiger partial charge in [-0.25, -0.2) is 9.78 Å². The summed E-state index contributed by atoms with van der Waals surface area (Å²) in [5.41, 5.74) is 1.92. The van der Waals surface area contributed by atoms with Crippen molar-refractivity contribution < 1.29 is 9.53 Å². The number of fused-ring (bicyclic) bond motifs is 2. The van der Waals surface area contributed by atoms with E-state index in [9.17, 15) is 9.59 Å². The number of carbonyl (C=O) groups excluding carboxylic acids is 1. The van der Waals surface area contributed by atoms with Crippen LogP contribution in [0.1, 0.15) is 27.7 Å². The molecule has 0 radical (unpaired) electrons. The van der Waals surface area contributed by atoms with Gasteiger partial charge in [0.1, 0.15) is 16.0 Å². The summed E-state index contributed by atoms with van der Waals surface area (Å²) in [6.07, 6.45) is 4.69. The fraction of sp³-hybridized carbons (Fsp3) is 0.150. The van der Waals surface area contributed by atoms with Crippen molar-refractivity contribution in [2.45, 2.75) is 13.8 Å². The van der Waals surface area contributed by atoms with Gasteiger partial charge in [0.15, 0.2) is 0 Å². The Hall–Kier alpha value is -3.39. The minimum atomic E-state index is -0.444. The number of nitrogens with zero attached hydrogens (tertiary/aromatic N) is 4. The summed E-state index contributed by atoms with van der Waals surface area (Å²) < 4.78 is 6.23. The molecular formula is C20H16N4O3S. The largest absolute Gasteiger partial charge is 0.462 e. The zero-order chi connectivity index (χ0) is 19.7. The quantitative estimate of drug-likeness (QED) is 0.393. The van der Waals surface area contributed by atoms with Crippen molar-refractivity contribution >= 4 is 44.6 Å². The highest BCUT2D eigenvalue weighted by Crippen LogP contribution is 2.27. The molecular weight excluding hydrogens is 376 g/mol. The van der Waals surface area contributed by atoms with E-state index in [0.29, 0.717) is 20.7 Å². The van der Waals surface area contributed by atoms with Gasteiger partial charge in [0.2, 0.25) is 0 Å². The molecule has 0 spiro atoms. The van der Waals surface area contributed by atoms with Gasteiger partial charge >= 0.3 is 5.97 Å². The monoisotopic (exact) mass is 392 g/mol. The molecule has 1 aromatic carbocycles. The molecule has 0 aliphatic heterocycles. The number of hydrogen-bond acceptors (Lipinski definition) is 7. The van der Waals surface area contributed by atoms with Gasteiger partial charge in [-0.15, -0.1) is 11.3 Å². The van der Waals surface area contributed by atoms with E-state index in [4.69, 9.17) is 4.74 Å². The molecule has 7 nitrogen and oxygen atoms in total. The molecule has 140 valence electrons. The first-order chi connectivity index (χ1) is 13.6. The van der Waals surface area contributed by atoms with Crippen molar-refractivity contribution in [2.24, 2.45) is 5.10 Å². The molecule has 0 saturated carbocycles. The van der Waals surface area contributed by atoms with Crippen molar-refractivity contribution in [1.82, 2.24) is 14.6 Å². The fourth-order valence-electron chi connectivity index (χ4n) is 2.95. The predicted octanol–water partition coefficient (Wildman–Crippen LogP) is 3.37. The molecule has 0 aliphatic carbocycles. The number of thiophene rings is 1. The molecule has 0 saturated heterocycles. The first-order valence-electron chi connectivity index (χ1n) is 8.66. The van der Waals surface area contributed by atoms with E-state index >= 15 is 0 Å². The van der Waals surface area contributed by atoms with E-state index < -0.39 is 5.97 Å². The SMILES string of the molecule is CCOC(=O)c1sc2ncn(/N=C\c3cccc4ncccc34)c(=O)c2c1C. The molecule has 0 N–H and O–H groups in total. The average molecular weight is 392 g/mol. The minimum Gasteiger partial charge on any atom is -0.462 e. The van der Waals surface area contributed by atoms with E-state index in [1.807, 2.05) is 30.3 Å². The first kappa shape index (κ1) is 18.0. The van der Waals surface area contributed by atoms with Gasteiger partial charge in [0.05, 0.1) is 23.7 Å². The van der Waals surface area contributed by atoms with Crippen molar-refractivity contribution in [3.63, 3.8) is 0 Å². The summed E-state index contributed by atoms with van der Waals surface area (Å²) in [5.74, 6) is -0.444. The third kappa shape index (κ3) is 3.07. The number of carbonyl (C=O) groups is 1. The number of aryl methyl sites for hydroxylation is 1. The molecule has 28 heavy (non-hydrogen) atoms. The smallest absolute Gasteiger partial charge is 0.348 e. The van der Waals surface area contributed by atoms with Crippen molar-refractivity contribution in [2.75, 3.05) is 6.61 Å². The summed E-state index contributed by atoms with van der Waals surface area (Å²) in [5, 5.41) is 5.60. The third-order valence-corrected chi connectivity index (χ3v) is 5.48. The maximum atomic E-state index is 12.9. The molecule has 4 rings (SSSR count). The third-order valence-electron chi connectivity index (χ3n) is 4.30. The Labute approximate surface area is 163 Å². The lowest BCUT2D eigenvalue weighted by Gasteiger charge is -2.02. The van der Waals surface area contributed by atoms with Gasteiger partial charge < -0.3 is 4.74 Å². The number of pyridine rings is 1. The molecule has 3 heterocycles.